The molecule has 1 aliphatic heterocycles. The van der Waals surface area contributed by atoms with Gasteiger partial charge in [0.1, 0.15) is 40.8 Å². The lowest BCUT2D eigenvalue weighted by molar-refractivity contribution is -0.197. The molecule has 0 saturated heterocycles. The number of Topliss-reactive ketones (excluding diaryl/α,β-unsaturated/α-hetero) is 1. The minimum atomic E-state index is -1.84. The predicted octanol–water partition coefficient (Wildman–Crippen LogP) is 0.0608. The van der Waals surface area contributed by atoms with Crippen LogP contribution in [-0.2, 0) is 9.53 Å². The van der Waals surface area contributed by atoms with Gasteiger partial charge in [-0.1, -0.05) is 12.1 Å². The number of carboxylic acids is 1. The Morgan fingerprint density at radius 3 is 2.24 bits per heavy atom. The van der Waals surface area contributed by atoms with Crippen molar-refractivity contribution in [2.45, 2.75) is 43.0 Å². The molecule has 11 heteroatoms. The molecule has 0 radical (unpaired) electrons. The van der Waals surface area contributed by atoms with Crippen molar-refractivity contribution in [2.24, 2.45) is 5.92 Å². The van der Waals surface area contributed by atoms with Crippen molar-refractivity contribution in [1.29, 1.82) is 0 Å². The van der Waals surface area contributed by atoms with Gasteiger partial charge in [0, 0.05) is 12.1 Å². The molecule has 4 rings (SSSR count). The number of aliphatic hydroxyl groups excluding tert-OH is 3. The van der Waals surface area contributed by atoms with Crippen LogP contribution in [0.2, 0.25) is 0 Å². The first-order valence-corrected chi connectivity index (χ1v) is 10.1. The Morgan fingerprint density at radius 1 is 0.939 bits per heavy atom. The molecule has 2 aromatic rings. The van der Waals surface area contributed by atoms with Crippen LogP contribution in [0.5, 0.6) is 23.0 Å². The summed E-state index contributed by atoms with van der Waals surface area (Å²) in [6.45, 7) is 0. The van der Waals surface area contributed by atoms with Crippen molar-refractivity contribution in [3.63, 3.8) is 0 Å². The number of rotatable bonds is 4. The summed E-state index contributed by atoms with van der Waals surface area (Å²) in [5, 5.41) is 69.5. The molecule has 33 heavy (non-hydrogen) atoms. The van der Waals surface area contributed by atoms with Crippen LogP contribution in [0.4, 0.5) is 0 Å². The van der Waals surface area contributed by atoms with Crippen molar-refractivity contribution in [3.8, 4) is 23.0 Å². The molecule has 176 valence electrons. The van der Waals surface area contributed by atoms with E-state index in [1.165, 1.54) is 24.3 Å². The fourth-order valence-corrected chi connectivity index (χ4v) is 4.21. The zero-order chi connectivity index (χ0) is 24.0. The zero-order valence-electron chi connectivity index (χ0n) is 17.0. The van der Waals surface area contributed by atoms with Gasteiger partial charge in [0.25, 0.3) is 0 Å². The van der Waals surface area contributed by atoms with Crippen LogP contribution in [-0.4, -0.2) is 78.0 Å². The minimum absolute atomic E-state index is 0.0573. The SMILES string of the molecule is O=C(O)[C@H]1C[C@@H](O[C@H]2C(=O)c3c(O)cc(O)cc3O[C@@H]2c2ccc(O)cc2)[C@H](O)[C@@H](O)[C@@H]1O. The van der Waals surface area contributed by atoms with Crippen LogP contribution in [0.1, 0.15) is 28.4 Å². The summed E-state index contributed by atoms with van der Waals surface area (Å²) in [4.78, 5) is 24.8. The largest absolute Gasteiger partial charge is 0.508 e. The Morgan fingerprint density at radius 2 is 1.61 bits per heavy atom. The highest BCUT2D eigenvalue weighted by Gasteiger charge is 2.50. The van der Waals surface area contributed by atoms with Gasteiger partial charge in [0.15, 0.2) is 12.2 Å². The molecule has 2 aromatic carbocycles. The van der Waals surface area contributed by atoms with Crippen LogP contribution in [0, 0.1) is 5.92 Å². The number of carboxylic acid groups (broad SMARTS) is 1. The van der Waals surface area contributed by atoms with Crippen molar-refractivity contribution < 1.29 is 54.8 Å². The highest BCUT2D eigenvalue weighted by atomic mass is 16.6. The summed E-state index contributed by atoms with van der Waals surface area (Å²) in [6.07, 6.45) is -9.75. The smallest absolute Gasteiger partial charge is 0.309 e. The van der Waals surface area contributed by atoms with Crippen LogP contribution >= 0.6 is 0 Å². The number of ketones is 1. The minimum Gasteiger partial charge on any atom is -0.508 e. The summed E-state index contributed by atoms with van der Waals surface area (Å²) in [6, 6.07) is 7.65. The molecule has 2 aliphatic rings. The fraction of sp³-hybridized carbons (Fsp3) is 0.364. The number of ether oxygens (including phenoxy) is 2. The highest BCUT2D eigenvalue weighted by Crippen LogP contribution is 2.44. The van der Waals surface area contributed by atoms with Crippen molar-refractivity contribution >= 4 is 11.8 Å². The van der Waals surface area contributed by atoms with Gasteiger partial charge in [-0.15, -0.1) is 0 Å². The van der Waals surface area contributed by atoms with E-state index in [9.17, 15) is 45.3 Å². The van der Waals surface area contributed by atoms with Gasteiger partial charge in [-0.25, -0.2) is 0 Å². The van der Waals surface area contributed by atoms with E-state index in [1.807, 2.05) is 0 Å². The lowest BCUT2D eigenvalue weighted by Gasteiger charge is -2.41. The van der Waals surface area contributed by atoms with Crippen LogP contribution in [0.3, 0.4) is 0 Å². The van der Waals surface area contributed by atoms with E-state index in [1.54, 1.807) is 0 Å². The molecule has 11 nitrogen and oxygen atoms in total. The van der Waals surface area contributed by atoms with Gasteiger partial charge in [-0.2, -0.15) is 0 Å². The standard InChI is InChI=1S/C22H22O11/c23-9-3-1-8(2-4-9)20-21(18(28)15-12(25)5-10(24)6-13(15)32-20)33-14-7-11(22(30)31)16(26)19(29)17(14)27/h1-6,11,14,16-17,19-21,23-27,29H,7H2,(H,30,31)/t11-,14+,16+,17-,19-,20+,21-/m0/s1. The Bertz CT molecular complexity index is 1070. The average Bonchev–Trinajstić information content (AvgIpc) is 2.75. The quantitative estimate of drug-likeness (QED) is 0.325. The number of carbonyl (C=O) groups excluding carboxylic acids is 1. The maximum Gasteiger partial charge on any atom is 0.309 e. The third kappa shape index (κ3) is 4.07. The lowest BCUT2D eigenvalue weighted by atomic mass is 9.80. The first-order valence-electron chi connectivity index (χ1n) is 10.1. The molecular weight excluding hydrogens is 440 g/mol. The monoisotopic (exact) mass is 462 g/mol. The lowest BCUT2D eigenvalue weighted by Crippen LogP contribution is -2.57. The molecule has 1 fully saturated rings. The summed E-state index contributed by atoms with van der Waals surface area (Å²) in [7, 11) is 0. The van der Waals surface area contributed by atoms with Crippen LogP contribution < -0.4 is 4.74 Å². The average molecular weight is 462 g/mol. The summed E-state index contributed by atoms with van der Waals surface area (Å²) in [5.74, 6) is -4.76. The van der Waals surface area contributed by atoms with E-state index in [0.29, 0.717) is 5.56 Å². The van der Waals surface area contributed by atoms with Gasteiger partial charge in [-0.3, -0.25) is 9.59 Å². The number of phenols is 3. The highest BCUT2D eigenvalue weighted by molar-refractivity contribution is 6.05. The number of phenolic OH excluding ortho intramolecular Hbond substituents is 3. The fourth-order valence-electron chi connectivity index (χ4n) is 4.21. The molecule has 0 bridgehead atoms. The van der Waals surface area contributed by atoms with Crippen LogP contribution in [0.15, 0.2) is 36.4 Å². The van der Waals surface area contributed by atoms with Gasteiger partial charge < -0.3 is 45.2 Å². The zero-order valence-corrected chi connectivity index (χ0v) is 17.0. The van der Waals surface area contributed by atoms with Gasteiger partial charge in [0.05, 0.1) is 18.1 Å². The predicted molar refractivity (Wildman–Crippen MR) is 108 cm³/mol. The number of benzene rings is 2. The molecule has 7 N–H and O–H groups in total. The van der Waals surface area contributed by atoms with E-state index < -0.39 is 66.5 Å². The first kappa shape index (κ1) is 22.8. The van der Waals surface area contributed by atoms with E-state index in [2.05, 4.69) is 0 Å². The number of hydrogen-bond acceptors (Lipinski definition) is 10. The summed E-state index contributed by atoms with van der Waals surface area (Å²) < 4.78 is 11.6. The second-order valence-corrected chi connectivity index (χ2v) is 8.08. The van der Waals surface area contributed by atoms with E-state index in [-0.39, 0.29) is 22.8 Å². The van der Waals surface area contributed by atoms with Gasteiger partial charge in [-0.05, 0) is 24.1 Å². The van der Waals surface area contributed by atoms with E-state index in [0.717, 1.165) is 12.1 Å². The van der Waals surface area contributed by atoms with Crippen LogP contribution in [0.25, 0.3) is 0 Å². The Labute approximate surface area is 186 Å². The summed E-state index contributed by atoms with van der Waals surface area (Å²) >= 11 is 0. The first-order chi connectivity index (χ1) is 15.6. The van der Waals surface area contributed by atoms with E-state index in [4.69, 9.17) is 9.47 Å². The molecule has 1 aliphatic carbocycles. The molecule has 1 heterocycles. The number of carbonyl (C=O) groups is 2. The molecule has 0 amide bonds. The van der Waals surface area contributed by atoms with Crippen molar-refractivity contribution in [1.82, 2.24) is 0 Å². The maximum absolute atomic E-state index is 13.3. The Kier molecular flexibility index (Phi) is 5.89. The van der Waals surface area contributed by atoms with Crippen molar-refractivity contribution in [2.75, 3.05) is 0 Å². The number of hydrogen-bond donors (Lipinski definition) is 7. The number of aliphatic carboxylic acids is 1. The Balaban J connectivity index is 1.73. The summed E-state index contributed by atoms with van der Waals surface area (Å²) in [5.41, 5.74) is 0.0776. The normalized spacial score (nSPS) is 31.5. The second-order valence-electron chi connectivity index (χ2n) is 8.08. The molecule has 7 atom stereocenters. The molecule has 0 spiro atoms. The third-order valence-corrected chi connectivity index (χ3v) is 5.94. The topological polar surface area (TPSA) is 194 Å². The Hall–Kier alpha value is -3.38. The number of fused-ring (bicyclic) bond motifs is 1. The molecule has 0 aromatic heterocycles. The van der Waals surface area contributed by atoms with E-state index >= 15 is 0 Å². The maximum atomic E-state index is 13.3. The molecule has 1 saturated carbocycles. The van der Waals surface area contributed by atoms with Gasteiger partial charge in [0.2, 0.25) is 5.78 Å². The third-order valence-electron chi connectivity index (χ3n) is 5.94. The van der Waals surface area contributed by atoms with Gasteiger partial charge >= 0.3 is 5.97 Å². The van der Waals surface area contributed by atoms with Crippen molar-refractivity contribution in [3.05, 3.63) is 47.5 Å². The molecule has 0 unspecified atom stereocenters. The number of aromatic hydroxyl groups is 3. The second kappa shape index (κ2) is 8.52. The molecular formula is C22H22O11. The number of aliphatic hydroxyl groups is 3.